The number of nitro benzene ring substituents is 1. The molecule has 0 unspecified atom stereocenters. The molecule has 0 atom stereocenters. The third kappa shape index (κ3) is 4.88. The number of ether oxygens (including phenoxy) is 3. The molecule has 0 aromatic heterocycles. The van der Waals surface area contributed by atoms with Gasteiger partial charge in [-0.25, -0.2) is 14.4 Å². The zero-order chi connectivity index (χ0) is 20.0. The smallest absolute Gasteiger partial charge is 0.338 e. The Morgan fingerprint density at radius 3 is 2.07 bits per heavy atom. The molecule has 0 aliphatic rings. The molecular formula is C18H15NO8. The van der Waals surface area contributed by atoms with E-state index in [1.165, 1.54) is 13.2 Å². The molecule has 9 nitrogen and oxygen atoms in total. The Bertz CT molecular complexity index is 906. The molecule has 0 aliphatic heterocycles. The van der Waals surface area contributed by atoms with Gasteiger partial charge in [-0.3, -0.25) is 10.1 Å². The van der Waals surface area contributed by atoms with Gasteiger partial charge in [0.1, 0.15) is 6.61 Å². The number of nitrogens with zero attached hydrogens (tertiary/aromatic N) is 1. The number of hydrogen-bond acceptors (Lipinski definition) is 8. The van der Waals surface area contributed by atoms with E-state index in [9.17, 15) is 24.5 Å². The molecule has 0 N–H and O–H groups in total. The molecule has 0 saturated heterocycles. The molecule has 2 aromatic carbocycles. The van der Waals surface area contributed by atoms with Crippen molar-refractivity contribution >= 4 is 23.6 Å². The summed E-state index contributed by atoms with van der Waals surface area (Å²) in [6, 6.07) is 9.41. The summed E-state index contributed by atoms with van der Waals surface area (Å²) in [4.78, 5) is 45.7. The molecule has 0 fully saturated rings. The Balaban J connectivity index is 2.20. The van der Waals surface area contributed by atoms with E-state index < -0.39 is 28.5 Å². The van der Waals surface area contributed by atoms with Gasteiger partial charge in [-0.15, -0.1) is 0 Å². The first-order valence-electron chi connectivity index (χ1n) is 7.58. The molecule has 0 amide bonds. The molecule has 0 radical (unpaired) electrons. The van der Waals surface area contributed by atoms with Crippen LogP contribution >= 0.6 is 0 Å². The van der Waals surface area contributed by atoms with Crippen molar-refractivity contribution < 1.29 is 33.5 Å². The van der Waals surface area contributed by atoms with Crippen LogP contribution in [0.3, 0.4) is 0 Å². The summed E-state index contributed by atoms with van der Waals surface area (Å²) in [6.45, 7) is -0.181. The van der Waals surface area contributed by atoms with Gasteiger partial charge < -0.3 is 14.2 Å². The summed E-state index contributed by atoms with van der Waals surface area (Å²) in [5.41, 5.74) is 0.0387. The molecular weight excluding hydrogens is 358 g/mol. The Hall–Kier alpha value is -3.75. The number of nitro groups is 1. The number of carbonyl (C=O) groups excluding carboxylic acids is 3. The van der Waals surface area contributed by atoms with Gasteiger partial charge in [-0.05, 0) is 23.8 Å². The molecule has 0 heterocycles. The Morgan fingerprint density at radius 2 is 1.48 bits per heavy atom. The number of carbonyl (C=O) groups is 3. The van der Waals surface area contributed by atoms with Crippen LogP contribution in [0.1, 0.15) is 36.6 Å². The number of hydrogen-bond donors (Lipinski definition) is 0. The summed E-state index contributed by atoms with van der Waals surface area (Å²) in [5, 5.41) is 11.0. The van der Waals surface area contributed by atoms with E-state index >= 15 is 0 Å². The first-order chi connectivity index (χ1) is 12.8. The van der Waals surface area contributed by atoms with Crippen molar-refractivity contribution in [3.8, 4) is 0 Å². The van der Waals surface area contributed by atoms with E-state index in [1.807, 2.05) is 0 Å². The minimum atomic E-state index is -0.868. The van der Waals surface area contributed by atoms with Gasteiger partial charge in [0.05, 0.1) is 35.8 Å². The maximum Gasteiger partial charge on any atom is 0.338 e. The third-order valence-corrected chi connectivity index (χ3v) is 3.50. The Labute approximate surface area is 153 Å². The van der Waals surface area contributed by atoms with E-state index in [0.717, 1.165) is 25.3 Å². The van der Waals surface area contributed by atoms with Gasteiger partial charge in [0.2, 0.25) is 0 Å². The van der Waals surface area contributed by atoms with Crippen LogP contribution in [-0.4, -0.2) is 37.1 Å². The predicted molar refractivity (Wildman–Crippen MR) is 91.3 cm³/mol. The fraction of sp³-hybridized carbons (Fsp3) is 0.167. The monoisotopic (exact) mass is 373 g/mol. The average Bonchev–Trinajstić information content (AvgIpc) is 2.70. The van der Waals surface area contributed by atoms with Gasteiger partial charge in [0, 0.05) is 12.1 Å². The first kappa shape index (κ1) is 19.6. The third-order valence-electron chi connectivity index (χ3n) is 3.50. The molecule has 140 valence electrons. The topological polar surface area (TPSA) is 122 Å². The van der Waals surface area contributed by atoms with Crippen molar-refractivity contribution in [1.29, 1.82) is 0 Å². The standard InChI is InChI=1S/C18H15NO8/c1-25-16(20)12-5-3-4-11(6-12)10-27-18(22)14-7-13(17(21)26-2)8-15(9-14)19(23)24/h3-9H,10H2,1-2H3. The number of non-ortho nitro benzene ring substituents is 1. The fourth-order valence-corrected chi connectivity index (χ4v) is 2.21. The van der Waals surface area contributed by atoms with Gasteiger partial charge in [0.15, 0.2) is 0 Å². The van der Waals surface area contributed by atoms with Crippen LogP contribution in [-0.2, 0) is 20.8 Å². The first-order valence-corrected chi connectivity index (χ1v) is 7.58. The summed E-state index contributed by atoms with van der Waals surface area (Å²) >= 11 is 0. The zero-order valence-electron chi connectivity index (χ0n) is 14.5. The summed E-state index contributed by atoms with van der Waals surface area (Å²) in [6.07, 6.45) is 0. The van der Waals surface area contributed by atoms with Crippen LogP contribution in [0.2, 0.25) is 0 Å². The molecule has 2 rings (SSSR count). The summed E-state index contributed by atoms with van der Waals surface area (Å²) in [7, 11) is 2.36. The van der Waals surface area contributed by atoms with Crippen LogP contribution in [0.5, 0.6) is 0 Å². The molecule has 9 heteroatoms. The Kier molecular flexibility index (Phi) is 6.21. The molecule has 2 aromatic rings. The lowest BCUT2D eigenvalue weighted by Gasteiger charge is -2.07. The lowest BCUT2D eigenvalue weighted by molar-refractivity contribution is -0.384. The van der Waals surface area contributed by atoms with Crippen molar-refractivity contribution in [2.45, 2.75) is 6.61 Å². The lowest BCUT2D eigenvalue weighted by Crippen LogP contribution is -2.10. The second kappa shape index (κ2) is 8.56. The number of methoxy groups -OCH3 is 2. The van der Waals surface area contributed by atoms with Crippen LogP contribution in [0.4, 0.5) is 5.69 Å². The van der Waals surface area contributed by atoms with Crippen LogP contribution in [0.25, 0.3) is 0 Å². The Morgan fingerprint density at radius 1 is 0.889 bits per heavy atom. The van der Waals surface area contributed by atoms with E-state index in [2.05, 4.69) is 9.47 Å². The lowest BCUT2D eigenvalue weighted by atomic mass is 10.1. The van der Waals surface area contributed by atoms with E-state index in [1.54, 1.807) is 18.2 Å². The van der Waals surface area contributed by atoms with Crippen molar-refractivity contribution in [2.75, 3.05) is 14.2 Å². The second-order valence-electron chi connectivity index (χ2n) is 5.29. The maximum atomic E-state index is 12.2. The van der Waals surface area contributed by atoms with E-state index in [0.29, 0.717) is 5.56 Å². The van der Waals surface area contributed by atoms with E-state index in [-0.39, 0.29) is 23.3 Å². The number of esters is 3. The van der Waals surface area contributed by atoms with Gasteiger partial charge in [-0.1, -0.05) is 12.1 Å². The van der Waals surface area contributed by atoms with E-state index in [4.69, 9.17) is 4.74 Å². The fourth-order valence-electron chi connectivity index (χ4n) is 2.21. The molecule has 27 heavy (non-hydrogen) atoms. The quantitative estimate of drug-likeness (QED) is 0.328. The van der Waals surface area contributed by atoms with Crippen molar-refractivity contribution in [3.05, 3.63) is 74.8 Å². The normalized spacial score (nSPS) is 10.0. The summed E-state index contributed by atoms with van der Waals surface area (Å²) < 4.78 is 14.3. The maximum absolute atomic E-state index is 12.2. The van der Waals surface area contributed by atoms with Gasteiger partial charge in [-0.2, -0.15) is 0 Å². The molecule has 0 spiro atoms. The highest BCUT2D eigenvalue weighted by Crippen LogP contribution is 2.19. The van der Waals surface area contributed by atoms with Crippen molar-refractivity contribution in [2.24, 2.45) is 0 Å². The highest BCUT2D eigenvalue weighted by Gasteiger charge is 2.19. The SMILES string of the molecule is COC(=O)c1cccc(COC(=O)c2cc(C(=O)OC)cc([N+](=O)[O-])c2)c1. The van der Waals surface area contributed by atoms with Gasteiger partial charge in [0.25, 0.3) is 5.69 Å². The molecule has 0 aliphatic carbocycles. The van der Waals surface area contributed by atoms with Crippen LogP contribution in [0.15, 0.2) is 42.5 Å². The highest BCUT2D eigenvalue weighted by atomic mass is 16.6. The minimum absolute atomic E-state index is 0.147. The van der Waals surface area contributed by atoms with Crippen molar-refractivity contribution in [1.82, 2.24) is 0 Å². The molecule has 0 bridgehead atoms. The minimum Gasteiger partial charge on any atom is -0.465 e. The zero-order valence-corrected chi connectivity index (χ0v) is 14.5. The highest BCUT2D eigenvalue weighted by molar-refractivity contribution is 5.96. The van der Waals surface area contributed by atoms with Crippen molar-refractivity contribution in [3.63, 3.8) is 0 Å². The largest absolute Gasteiger partial charge is 0.465 e. The number of benzene rings is 2. The molecule has 0 saturated carbocycles. The van der Waals surface area contributed by atoms with Crippen LogP contribution < -0.4 is 0 Å². The second-order valence-corrected chi connectivity index (χ2v) is 5.29. The summed E-state index contributed by atoms with van der Waals surface area (Å²) in [5.74, 6) is -2.23. The average molecular weight is 373 g/mol. The predicted octanol–water partition coefficient (Wildman–Crippen LogP) is 2.53. The van der Waals surface area contributed by atoms with Crippen LogP contribution in [0, 0.1) is 10.1 Å². The number of rotatable bonds is 6. The van der Waals surface area contributed by atoms with Gasteiger partial charge >= 0.3 is 17.9 Å².